The van der Waals surface area contributed by atoms with Gasteiger partial charge in [-0.2, -0.15) is 0 Å². The van der Waals surface area contributed by atoms with Crippen LogP contribution in [0.15, 0.2) is 30.3 Å². The van der Waals surface area contributed by atoms with Crippen LogP contribution >= 0.6 is 0 Å². The number of para-hydroxylation sites is 1. The molecule has 18 heavy (non-hydrogen) atoms. The number of carbonyl (C=O) groups is 1. The summed E-state index contributed by atoms with van der Waals surface area (Å²) in [5.41, 5.74) is 1.27. The summed E-state index contributed by atoms with van der Waals surface area (Å²) in [6.07, 6.45) is -0.457. The first kappa shape index (κ1) is 12.2. The quantitative estimate of drug-likeness (QED) is 0.779. The molecule has 0 spiro atoms. The largest absolute Gasteiger partial charge is 0.449 e. The number of hydrogen-bond donors (Lipinski definition) is 1. The second-order valence-electron chi connectivity index (χ2n) is 3.58. The number of rotatable bonds is 1. The standard InChI is InChI=1S/C14H13NO3/c1-2-18-14(17)15-12(7-5-9-16)10-11-6-3-4-8-13(11)15/h3-4,6,8,10,16H,2,9H2,1H3. The van der Waals surface area contributed by atoms with Crippen LogP contribution < -0.4 is 0 Å². The van der Waals surface area contributed by atoms with Crippen LogP contribution in [0, 0.1) is 11.8 Å². The van der Waals surface area contributed by atoms with E-state index in [1.54, 1.807) is 13.0 Å². The van der Waals surface area contributed by atoms with Crippen LogP contribution in [0.4, 0.5) is 4.79 Å². The molecule has 1 N–H and O–H groups in total. The molecule has 0 saturated heterocycles. The zero-order valence-electron chi connectivity index (χ0n) is 10.0. The zero-order chi connectivity index (χ0) is 13.0. The minimum Gasteiger partial charge on any atom is -0.449 e. The Morgan fingerprint density at radius 1 is 1.44 bits per heavy atom. The van der Waals surface area contributed by atoms with Crippen molar-refractivity contribution in [2.45, 2.75) is 6.92 Å². The van der Waals surface area contributed by atoms with Crippen molar-refractivity contribution in [3.63, 3.8) is 0 Å². The molecule has 0 radical (unpaired) electrons. The lowest BCUT2D eigenvalue weighted by Crippen LogP contribution is -2.14. The highest BCUT2D eigenvalue weighted by molar-refractivity contribution is 5.91. The van der Waals surface area contributed by atoms with E-state index in [1.807, 2.05) is 24.3 Å². The lowest BCUT2D eigenvalue weighted by Gasteiger charge is -2.05. The van der Waals surface area contributed by atoms with Gasteiger partial charge in [0.2, 0.25) is 0 Å². The van der Waals surface area contributed by atoms with Crippen molar-refractivity contribution in [1.29, 1.82) is 0 Å². The molecule has 1 aromatic carbocycles. The van der Waals surface area contributed by atoms with Gasteiger partial charge in [-0.15, -0.1) is 0 Å². The molecule has 0 amide bonds. The van der Waals surface area contributed by atoms with Crippen molar-refractivity contribution in [3.05, 3.63) is 36.0 Å². The molecule has 4 heteroatoms. The first-order chi connectivity index (χ1) is 8.77. The summed E-state index contributed by atoms with van der Waals surface area (Å²) >= 11 is 0. The zero-order valence-corrected chi connectivity index (χ0v) is 10.0. The van der Waals surface area contributed by atoms with E-state index in [2.05, 4.69) is 11.8 Å². The monoisotopic (exact) mass is 243 g/mol. The van der Waals surface area contributed by atoms with Gasteiger partial charge in [0.15, 0.2) is 0 Å². The molecule has 2 aromatic rings. The Morgan fingerprint density at radius 2 is 2.22 bits per heavy atom. The number of aliphatic hydroxyl groups is 1. The lowest BCUT2D eigenvalue weighted by molar-refractivity contribution is 0.155. The maximum Gasteiger partial charge on any atom is 0.419 e. The number of carbonyl (C=O) groups excluding carboxylic acids is 1. The fraction of sp³-hybridized carbons (Fsp3) is 0.214. The van der Waals surface area contributed by atoms with Gasteiger partial charge < -0.3 is 9.84 Å². The molecule has 1 aromatic heterocycles. The normalized spacial score (nSPS) is 9.89. The summed E-state index contributed by atoms with van der Waals surface area (Å²) in [6, 6.07) is 9.27. The Bertz CT molecular complexity index is 631. The van der Waals surface area contributed by atoms with Crippen molar-refractivity contribution in [3.8, 4) is 11.8 Å². The van der Waals surface area contributed by atoms with E-state index in [0.29, 0.717) is 12.3 Å². The Hall–Kier alpha value is -2.25. The molecule has 4 nitrogen and oxygen atoms in total. The summed E-state index contributed by atoms with van der Waals surface area (Å²) < 4.78 is 6.43. The van der Waals surface area contributed by atoms with Crippen LogP contribution in [0.3, 0.4) is 0 Å². The van der Waals surface area contributed by atoms with Crippen LogP contribution in [0.25, 0.3) is 10.9 Å². The average Bonchev–Trinajstić information content (AvgIpc) is 2.74. The molecular weight excluding hydrogens is 230 g/mol. The molecule has 0 aliphatic carbocycles. The van der Waals surface area contributed by atoms with Gasteiger partial charge in [-0.05, 0) is 25.0 Å². The number of benzene rings is 1. The highest BCUT2D eigenvalue weighted by Gasteiger charge is 2.14. The van der Waals surface area contributed by atoms with E-state index in [0.717, 1.165) is 10.9 Å². The van der Waals surface area contributed by atoms with Crippen LogP contribution in [-0.4, -0.2) is 29.0 Å². The molecule has 1 heterocycles. The Labute approximate surface area is 105 Å². The van der Waals surface area contributed by atoms with E-state index in [4.69, 9.17) is 9.84 Å². The van der Waals surface area contributed by atoms with Gasteiger partial charge in [0.05, 0.1) is 12.1 Å². The van der Waals surface area contributed by atoms with Gasteiger partial charge in [-0.25, -0.2) is 9.36 Å². The first-order valence-corrected chi connectivity index (χ1v) is 5.65. The van der Waals surface area contributed by atoms with Crippen LogP contribution in [0.2, 0.25) is 0 Å². The van der Waals surface area contributed by atoms with Gasteiger partial charge in [0, 0.05) is 5.39 Å². The molecule has 0 aliphatic rings. The molecule has 2 rings (SSSR count). The maximum absolute atomic E-state index is 11.9. The van der Waals surface area contributed by atoms with E-state index in [9.17, 15) is 4.79 Å². The third kappa shape index (κ3) is 2.22. The summed E-state index contributed by atoms with van der Waals surface area (Å²) in [7, 11) is 0. The predicted octanol–water partition coefficient (Wildman–Crippen LogP) is 1.99. The van der Waals surface area contributed by atoms with Gasteiger partial charge in [-0.1, -0.05) is 24.1 Å². The smallest absolute Gasteiger partial charge is 0.419 e. The highest BCUT2D eigenvalue weighted by atomic mass is 16.5. The predicted molar refractivity (Wildman–Crippen MR) is 68.3 cm³/mol. The van der Waals surface area contributed by atoms with E-state index >= 15 is 0 Å². The van der Waals surface area contributed by atoms with Crippen molar-refractivity contribution in [2.24, 2.45) is 0 Å². The van der Waals surface area contributed by atoms with Crippen LogP contribution in [0.5, 0.6) is 0 Å². The molecule has 0 fully saturated rings. The van der Waals surface area contributed by atoms with Crippen molar-refractivity contribution >= 4 is 17.0 Å². The number of ether oxygens (including phenoxy) is 1. The Morgan fingerprint density at radius 3 is 2.94 bits per heavy atom. The topological polar surface area (TPSA) is 51.5 Å². The second-order valence-corrected chi connectivity index (χ2v) is 3.58. The Kier molecular flexibility index (Phi) is 3.66. The molecule has 0 saturated carbocycles. The van der Waals surface area contributed by atoms with E-state index < -0.39 is 6.09 Å². The summed E-state index contributed by atoms with van der Waals surface area (Å²) in [5, 5.41) is 9.65. The van der Waals surface area contributed by atoms with Crippen LogP contribution in [-0.2, 0) is 4.74 Å². The van der Waals surface area contributed by atoms with Gasteiger partial charge in [-0.3, -0.25) is 0 Å². The number of fused-ring (bicyclic) bond motifs is 1. The summed E-state index contributed by atoms with van der Waals surface area (Å²) in [4.78, 5) is 11.9. The van der Waals surface area contributed by atoms with E-state index in [-0.39, 0.29) is 6.61 Å². The van der Waals surface area contributed by atoms with Crippen molar-refractivity contribution in [1.82, 2.24) is 4.57 Å². The summed E-state index contributed by atoms with van der Waals surface area (Å²) in [5.74, 6) is 5.29. The molecule has 0 atom stereocenters. The third-order valence-corrected chi connectivity index (χ3v) is 2.46. The number of nitrogens with zero attached hydrogens (tertiary/aromatic N) is 1. The number of aromatic nitrogens is 1. The molecule has 0 bridgehead atoms. The molecular formula is C14H13NO3. The molecule has 92 valence electrons. The van der Waals surface area contributed by atoms with E-state index in [1.165, 1.54) is 4.57 Å². The fourth-order valence-corrected chi connectivity index (χ4v) is 1.76. The van der Waals surface area contributed by atoms with Gasteiger partial charge in [0.25, 0.3) is 0 Å². The minimum atomic E-state index is -0.457. The third-order valence-electron chi connectivity index (χ3n) is 2.46. The van der Waals surface area contributed by atoms with Gasteiger partial charge >= 0.3 is 6.09 Å². The second kappa shape index (κ2) is 5.39. The minimum absolute atomic E-state index is 0.246. The van der Waals surface area contributed by atoms with Crippen molar-refractivity contribution < 1.29 is 14.6 Å². The molecule has 0 aliphatic heterocycles. The number of hydrogen-bond acceptors (Lipinski definition) is 3. The Balaban J connectivity index is 2.61. The van der Waals surface area contributed by atoms with Crippen LogP contribution in [0.1, 0.15) is 12.6 Å². The van der Waals surface area contributed by atoms with Gasteiger partial charge in [0.1, 0.15) is 12.3 Å². The number of aliphatic hydroxyl groups excluding tert-OH is 1. The SMILES string of the molecule is CCOC(=O)n1c(C#CCO)cc2ccccc21. The highest BCUT2D eigenvalue weighted by Crippen LogP contribution is 2.19. The summed E-state index contributed by atoms with van der Waals surface area (Å²) in [6.45, 7) is 1.81. The average molecular weight is 243 g/mol. The maximum atomic E-state index is 11.9. The first-order valence-electron chi connectivity index (χ1n) is 5.65. The molecule has 0 unspecified atom stereocenters. The fourth-order valence-electron chi connectivity index (χ4n) is 1.76. The van der Waals surface area contributed by atoms with Crippen molar-refractivity contribution in [2.75, 3.05) is 13.2 Å². The lowest BCUT2D eigenvalue weighted by atomic mass is 10.2.